The lowest BCUT2D eigenvalue weighted by atomic mass is 9.54. The van der Waals surface area contributed by atoms with Crippen LogP contribution in [0.1, 0.15) is 59.3 Å². The van der Waals surface area contributed by atoms with Gasteiger partial charge in [0, 0.05) is 10.0 Å². The van der Waals surface area contributed by atoms with E-state index in [1.165, 1.54) is 32.1 Å². The van der Waals surface area contributed by atoms with Gasteiger partial charge in [-0.25, -0.2) is 0 Å². The predicted octanol–water partition coefficient (Wildman–Crippen LogP) is 5.28. The minimum Gasteiger partial charge on any atom is -0.396 e. The highest BCUT2D eigenvalue weighted by molar-refractivity contribution is 14.1. The van der Waals surface area contributed by atoms with Crippen LogP contribution in [0.25, 0.3) is 0 Å². The summed E-state index contributed by atoms with van der Waals surface area (Å²) in [4.78, 5) is 0. The average Bonchev–Trinajstić information content (AvgIpc) is 2.46. The van der Waals surface area contributed by atoms with Gasteiger partial charge in [-0.1, -0.05) is 67.5 Å². The Balaban J connectivity index is 1.97. The Kier molecular flexibility index (Phi) is 4.33. The van der Waals surface area contributed by atoms with Crippen molar-refractivity contribution in [3.05, 3.63) is 23.3 Å². The molecule has 3 aliphatic rings. The van der Waals surface area contributed by atoms with Gasteiger partial charge >= 0.3 is 0 Å². The monoisotopic (exact) mass is 400 g/mol. The number of alkyl halides is 1. The largest absolute Gasteiger partial charge is 0.396 e. The molecule has 0 radical (unpaired) electrons. The molecule has 2 unspecified atom stereocenters. The van der Waals surface area contributed by atoms with Gasteiger partial charge in [-0.3, -0.25) is 0 Å². The summed E-state index contributed by atoms with van der Waals surface area (Å²) in [6.45, 7) is 7.32. The van der Waals surface area contributed by atoms with Crippen LogP contribution in [0.2, 0.25) is 0 Å². The molecule has 118 valence electrons. The summed E-state index contributed by atoms with van der Waals surface area (Å²) in [6.07, 6.45) is 12.6. The minimum atomic E-state index is 0.128. The number of halogens is 1. The van der Waals surface area contributed by atoms with Gasteiger partial charge in [0.2, 0.25) is 0 Å². The van der Waals surface area contributed by atoms with Crippen LogP contribution in [-0.2, 0) is 0 Å². The lowest BCUT2D eigenvalue weighted by Gasteiger charge is -2.56. The zero-order chi connectivity index (χ0) is 15.3. The second kappa shape index (κ2) is 5.67. The molecule has 0 spiro atoms. The Bertz CT molecular complexity index is 478. The Morgan fingerprint density at radius 2 is 2.14 bits per heavy atom. The van der Waals surface area contributed by atoms with Gasteiger partial charge in [0.1, 0.15) is 0 Å². The molecule has 0 amide bonds. The van der Waals surface area contributed by atoms with Gasteiger partial charge in [0.25, 0.3) is 0 Å². The second-order valence-electron chi connectivity index (χ2n) is 8.05. The summed E-state index contributed by atoms with van der Waals surface area (Å²) < 4.78 is 0.372. The maximum Gasteiger partial charge on any atom is 0.0488 e. The fourth-order valence-electron chi connectivity index (χ4n) is 5.07. The summed E-state index contributed by atoms with van der Waals surface area (Å²) in [7, 11) is 0. The third-order valence-corrected chi connectivity index (χ3v) is 8.52. The lowest BCUT2D eigenvalue weighted by Crippen LogP contribution is -2.54. The predicted molar refractivity (Wildman–Crippen MR) is 97.6 cm³/mol. The van der Waals surface area contributed by atoms with Crippen LogP contribution < -0.4 is 0 Å². The van der Waals surface area contributed by atoms with Crippen molar-refractivity contribution >= 4 is 22.6 Å². The van der Waals surface area contributed by atoms with Crippen molar-refractivity contribution in [3.63, 3.8) is 0 Å². The third-order valence-electron chi connectivity index (χ3n) is 6.48. The topological polar surface area (TPSA) is 20.2 Å². The van der Waals surface area contributed by atoms with Gasteiger partial charge in [-0.15, -0.1) is 0 Å². The molecule has 1 N–H and O–H groups in total. The maximum atomic E-state index is 9.98. The SMILES string of the molecule is CC(C)C1=CC2=CCC3[C@](C)(CO)CCC[C@]3(I)C2CC1. The molecule has 0 aromatic carbocycles. The first-order valence-electron chi connectivity index (χ1n) is 8.61. The Morgan fingerprint density at radius 1 is 1.38 bits per heavy atom. The zero-order valence-electron chi connectivity index (χ0n) is 13.7. The van der Waals surface area contributed by atoms with E-state index in [4.69, 9.17) is 0 Å². The Morgan fingerprint density at radius 3 is 2.81 bits per heavy atom. The summed E-state index contributed by atoms with van der Waals surface area (Å²) in [5, 5.41) is 9.98. The van der Waals surface area contributed by atoms with Crippen molar-refractivity contribution in [1.29, 1.82) is 0 Å². The van der Waals surface area contributed by atoms with E-state index in [0.717, 1.165) is 6.42 Å². The molecule has 3 rings (SSSR count). The van der Waals surface area contributed by atoms with Crippen LogP contribution in [-0.4, -0.2) is 15.1 Å². The van der Waals surface area contributed by atoms with Gasteiger partial charge in [0.15, 0.2) is 0 Å². The molecule has 0 heterocycles. The van der Waals surface area contributed by atoms with Gasteiger partial charge < -0.3 is 5.11 Å². The fraction of sp³-hybridized carbons (Fsp3) is 0.789. The molecule has 1 saturated carbocycles. The van der Waals surface area contributed by atoms with E-state index in [0.29, 0.717) is 27.8 Å². The highest BCUT2D eigenvalue weighted by Gasteiger charge is 2.55. The first-order chi connectivity index (χ1) is 9.90. The summed E-state index contributed by atoms with van der Waals surface area (Å²) in [5.74, 6) is 2.04. The molecule has 2 heteroatoms. The van der Waals surface area contributed by atoms with Crippen molar-refractivity contribution in [2.24, 2.45) is 23.2 Å². The number of hydrogen-bond acceptors (Lipinski definition) is 1. The van der Waals surface area contributed by atoms with Crippen LogP contribution in [0.15, 0.2) is 23.3 Å². The highest BCUT2D eigenvalue weighted by atomic mass is 127. The highest BCUT2D eigenvalue weighted by Crippen LogP contribution is 2.61. The number of allylic oxidation sites excluding steroid dienone is 4. The number of aliphatic hydroxyl groups is 1. The molecule has 1 nitrogen and oxygen atoms in total. The average molecular weight is 400 g/mol. The number of fused-ring (bicyclic) bond motifs is 3. The zero-order valence-corrected chi connectivity index (χ0v) is 15.8. The molecule has 0 bridgehead atoms. The number of hydrogen-bond donors (Lipinski definition) is 1. The molecule has 0 saturated heterocycles. The molecule has 0 aromatic heterocycles. The molecule has 0 aliphatic heterocycles. The lowest BCUT2D eigenvalue weighted by molar-refractivity contribution is 0.00634. The van der Waals surface area contributed by atoms with E-state index in [1.54, 1.807) is 11.1 Å². The Labute approximate surface area is 143 Å². The molecular formula is C19H29IO. The van der Waals surface area contributed by atoms with E-state index >= 15 is 0 Å². The summed E-state index contributed by atoms with van der Waals surface area (Å²) >= 11 is 2.79. The van der Waals surface area contributed by atoms with Gasteiger partial charge in [-0.2, -0.15) is 0 Å². The first-order valence-corrected chi connectivity index (χ1v) is 9.69. The van der Waals surface area contributed by atoms with Gasteiger partial charge in [-0.05, 0) is 60.8 Å². The van der Waals surface area contributed by atoms with Crippen molar-refractivity contribution < 1.29 is 5.11 Å². The number of rotatable bonds is 2. The minimum absolute atomic E-state index is 0.128. The molecular weight excluding hydrogens is 371 g/mol. The van der Waals surface area contributed by atoms with Crippen LogP contribution in [0.5, 0.6) is 0 Å². The normalized spacial score (nSPS) is 43.0. The van der Waals surface area contributed by atoms with Crippen LogP contribution in [0, 0.1) is 23.2 Å². The number of aliphatic hydroxyl groups excluding tert-OH is 1. The quantitative estimate of drug-likeness (QED) is 0.494. The van der Waals surface area contributed by atoms with E-state index in [2.05, 4.69) is 55.5 Å². The van der Waals surface area contributed by atoms with E-state index in [1.807, 2.05) is 0 Å². The molecule has 4 atom stereocenters. The standard InChI is InChI=1S/C19H29IO/c1-13(2)14-5-7-16-15(11-14)6-8-17-18(3,12-21)9-4-10-19(16,17)20/h6,11,13,16-17,21H,4-5,7-10,12H2,1-3H3/t16?,17?,18-,19-/m0/s1. The molecule has 3 aliphatic carbocycles. The van der Waals surface area contributed by atoms with E-state index in [-0.39, 0.29) is 5.41 Å². The summed E-state index contributed by atoms with van der Waals surface area (Å²) in [5.41, 5.74) is 3.37. The van der Waals surface area contributed by atoms with Crippen LogP contribution in [0.4, 0.5) is 0 Å². The van der Waals surface area contributed by atoms with Crippen molar-refractivity contribution in [2.75, 3.05) is 6.61 Å². The maximum absolute atomic E-state index is 9.98. The van der Waals surface area contributed by atoms with E-state index in [9.17, 15) is 5.11 Å². The Hall–Kier alpha value is 0.170. The molecule has 0 aromatic rings. The van der Waals surface area contributed by atoms with Crippen molar-refractivity contribution in [3.8, 4) is 0 Å². The van der Waals surface area contributed by atoms with Gasteiger partial charge in [0.05, 0.1) is 0 Å². The molecule has 21 heavy (non-hydrogen) atoms. The van der Waals surface area contributed by atoms with Crippen LogP contribution in [0.3, 0.4) is 0 Å². The van der Waals surface area contributed by atoms with Crippen LogP contribution >= 0.6 is 22.6 Å². The summed E-state index contributed by atoms with van der Waals surface area (Å²) in [6, 6.07) is 0. The van der Waals surface area contributed by atoms with Crippen molar-refractivity contribution in [2.45, 2.75) is 62.7 Å². The molecule has 1 fully saturated rings. The van der Waals surface area contributed by atoms with E-state index < -0.39 is 0 Å². The first kappa shape index (κ1) is 16.0. The third kappa shape index (κ3) is 2.54. The van der Waals surface area contributed by atoms with Crippen molar-refractivity contribution in [1.82, 2.24) is 0 Å². The second-order valence-corrected chi connectivity index (χ2v) is 10.1. The smallest absolute Gasteiger partial charge is 0.0488 e. The fourth-order valence-corrected chi connectivity index (χ4v) is 7.13.